The maximum Gasteiger partial charge on any atom is 0.241 e. The monoisotopic (exact) mass is 354 g/mol. The number of hydrogen-bond acceptors (Lipinski definition) is 4. The molecule has 0 aromatic heterocycles. The highest BCUT2D eigenvalue weighted by molar-refractivity contribution is 5.82. The third kappa shape index (κ3) is 2.68. The van der Waals surface area contributed by atoms with Gasteiger partial charge in [0.25, 0.3) is 0 Å². The Hall–Kier alpha value is -1.43. The molecule has 4 aliphatic rings. The third-order valence-electron chi connectivity index (χ3n) is 7.22. The Morgan fingerprint density at radius 2 is 1.85 bits per heavy atom. The van der Waals surface area contributed by atoms with Crippen LogP contribution in [0.5, 0.6) is 0 Å². The van der Waals surface area contributed by atoms with Crippen molar-refractivity contribution in [3.05, 3.63) is 35.4 Å². The fourth-order valence-corrected chi connectivity index (χ4v) is 5.76. The van der Waals surface area contributed by atoms with E-state index >= 15 is 0 Å². The Labute approximate surface area is 156 Å². The largest absolute Gasteiger partial charge is 0.341 e. The normalized spacial score (nSPS) is 30.8. The number of piperidine rings is 1. The number of hydrogen-bond donors (Lipinski definition) is 2. The molecule has 2 atom stereocenters. The van der Waals surface area contributed by atoms with Crippen molar-refractivity contribution < 1.29 is 4.79 Å². The summed E-state index contributed by atoms with van der Waals surface area (Å²) in [4.78, 5) is 17.5. The number of fused-ring (bicyclic) bond motifs is 2. The highest BCUT2D eigenvalue weighted by Gasteiger charge is 2.47. The molecule has 5 nitrogen and oxygen atoms in total. The predicted octanol–water partition coefficient (Wildman–Crippen LogP) is 1.95. The first-order chi connectivity index (χ1) is 12.8. The number of rotatable bonds is 2. The Morgan fingerprint density at radius 1 is 1.08 bits per heavy atom. The lowest BCUT2D eigenvalue weighted by molar-refractivity contribution is -0.134. The minimum Gasteiger partial charge on any atom is -0.341 e. The fourth-order valence-electron chi connectivity index (χ4n) is 5.76. The van der Waals surface area contributed by atoms with Gasteiger partial charge in [0.1, 0.15) is 6.04 Å². The number of benzene rings is 1. The van der Waals surface area contributed by atoms with Crippen LogP contribution in [0.1, 0.15) is 55.7 Å². The summed E-state index contributed by atoms with van der Waals surface area (Å²) in [6.45, 7) is 5.19. The smallest absolute Gasteiger partial charge is 0.241 e. The average Bonchev–Trinajstić information content (AvgIpc) is 3.44. The van der Waals surface area contributed by atoms with E-state index in [1.165, 1.54) is 32.4 Å². The van der Waals surface area contributed by atoms with Gasteiger partial charge in [-0.15, -0.1) is 0 Å². The van der Waals surface area contributed by atoms with Gasteiger partial charge < -0.3 is 4.90 Å². The lowest BCUT2D eigenvalue weighted by Crippen LogP contribution is -2.51. The number of nitrogens with zero attached hydrogens (tertiary/aromatic N) is 2. The van der Waals surface area contributed by atoms with E-state index < -0.39 is 0 Å². The number of amides is 1. The number of likely N-dealkylation sites (tertiary alicyclic amines) is 2. The van der Waals surface area contributed by atoms with Crippen molar-refractivity contribution in [2.75, 3.05) is 32.7 Å². The molecule has 1 aromatic rings. The standard InChI is InChI=1S/C21H30N4O/c26-20(18-7-10-22-23-18)25-13-8-21(9-14-25)15-19(24-11-3-4-12-24)16-5-1-2-6-17(16)21/h1-2,5-6,18-19,22-23H,3-4,7-15H2. The molecule has 3 aliphatic heterocycles. The molecule has 26 heavy (non-hydrogen) atoms. The van der Waals surface area contributed by atoms with Gasteiger partial charge in [-0.2, -0.15) is 0 Å². The van der Waals surface area contributed by atoms with E-state index in [9.17, 15) is 4.79 Å². The highest BCUT2D eigenvalue weighted by Crippen LogP contribution is 2.53. The molecule has 5 rings (SSSR count). The van der Waals surface area contributed by atoms with Gasteiger partial charge in [-0.25, -0.2) is 5.43 Å². The zero-order valence-corrected chi connectivity index (χ0v) is 15.5. The molecule has 2 N–H and O–H groups in total. The highest BCUT2D eigenvalue weighted by atomic mass is 16.2. The first-order valence-electron chi connectivity index (χ1n) is 10.4. The topological polar surface area (TPSA) is 47.6 Å². The van der Waals surface area contributed by atoms with Crippen molar-refractivity contribution in [2.45, 2.75) is 56.0 Å². The predicted molar refractivity (Wildman–Crippen MR) is 102 cm³/mol. The van der Waals surface area contributed by atoms with Gasteiger partial charge in [0.15, 0.2) is 0 Å². The molecule has 3 fully saturated rings. The van der Waals surface area contributed by atoms with E-state index in [4.69, 9.17) is 0 Å². The van der Waals surface area contributed by atoms with Crippen molar-refractivity contribution in [3.8, 4) is 0 Å². The third-order valence-corrected chi connectivity index (χ3v) is 7.22. The van der Waals surface area contributed by atoms with E-state index in [1.54, 1.807) is 11.1 Å². The number of carbonyl (C=O) groups is 1. The summed E-state index contributed by atoms with van der Waals surface area (Å²) in [6, 6.07) is 9.70. The molecular weight excluding hydrogens is 324 g/mol. The van der Waals surface area contributed by atoms with Crippen LogP contribution in [0.25, 0.3) is 0 Å². The maximum absolute atomic E-state index is 12.7. The average molecular weight is 354 g/mol. The zero-order chi connectivity index (χ0) is 17.6. The fraction of sp³-hybridized carbons (Fsp3) is 0.667. The van der Waals surface area contributed by atoms with E-state index in [1.807, 2.05) is 0 Å². The molecule has 2 unspecified atom stereocenters. The van der Waals surface area contributed by atoms with E-state index in [2.05, 4.69) is 44.9 Å². The molecule has 0 bridgehead atoms. The molecule has 0 radical (unpaired) electrons. The second-order valence-electron chi connectivity index (χ2n) is 8.57. The van der Waals surface area contributed by atoms with Gasteiger partial charge in [0.2, 0.25) is 5.91 Å². The SMILES string of the molecule is O=C(C1CCNN1)N1CCC2(CC1)CC(N1CCCC1)c1ccccc12. The van der Waals surface area contributed by atoms with E-state index in [-0.39, 0.29) is 17.4 Å². The number of hydrazine groups is 1. The van der Waals surface area contributed by atoms with Gasteiger partial charge in [-0.1, -0.05) is 24.3 Å². The van der Waals surface area contributed by atoms with Gasteiger partial charge >= 0.3 is 0 Å². The molecule has 1 aromatic carbocycles. The molecule has 0 saturated carbocycles. The summed E-state index contributed by atoms with van der Waals surface area (Å²) < 4.78 is 0. The molecule has 3 saturated heterocycles. The van der Waals surface area contributed by atoms with Crippen LogP contribution < -0.4 is 10.9 Å². The van der Waals surface area contributed by atoms with Crippen LogP contribution in [0.4, 0.5) is 0 Å². The Bertz CT molecular complexity index is 670. The van der Waals surface area contributed by atoms with Crippen molar-refractivity contribution in [1.29, 1.82) is 0 Å². The molecule has 1 amide bonds. The van der Waals surface area contributed by atoms with Gasteiger partial charge in [-0.3, -0.25) is 15.1 Å². The van der Waals surface area contributed by atoms with Gasteiger partial charge in [0.05, 0.1) is 0 Å². The Kier molecular flexibility index (Phi) is 4.26. The van der Waals surface area contributed by atoms with Crippen molar-refractivity contribution in [2.24, 2.45) is 0 Å². The second kappa shape index (κ2) is 6.63. The van der Waals surface area contributed by atoms with E-state index in [0.717, 1.165) is 38.9 Å². The minimum atomic E-state index is -0.0303. The van der Waals surface area contributed by atoms with Crippen molar-refractivity contribution in [3.63, 3.8) is 0 Å². The van der Waals surface area contributed by atoms with Crippen molar-refractivity contribution >= 4 is 5.91 Å². The molecule has 3 heterocycles. The Balaban J connectivity index is 1.34. The minimum absolute atomic E-state index is 0.0303. The lowest BCUT2D eigenvalue weighted by atomic mass is 9.73. The zero-order valence-electron chi connectivity index (χ0n) is 15.5. The quantitative estimate of drug-likeness (QED) is 0.852. The first-order valence-corrected chi connectivity index (χ1v) is 10.4. The van der Waals surface area contributed by atoms with Crippen LogP contribution in [0.3, 0.4) is 0 Å². The molecular formula is C21H30N4O. The second-order valence-corrected chi connectivity index (χ2v) is 8.57. The lowest BCUT2D eigenvalue weighted by Gasteiger charge is -2.41. The van der Waals surface area contributed by atoms with Crippen LogP contribution in [-0.2, 0) is 10.2 Å². The summed E-state index contributed by atoms with van der Waals surface area (Å²) in [5, 5.41) is 0. The van der Waals surface area contributed by atoms with Gasteiger partial charge in [-0.05, 0) is 62.7 Å². The Morgan fingerprint density at radius 3 is 2.58 bits per heavy atom. The molecule has 1 spiro atoms. The summed E-state index contributed by atoms with van der Waals surface area (Å²) >= 11 is 0. The van der Waals surface area contributed by atoms with Crippen LogP contribution in [-0.4, -0.2) is 54.5 Å². The van der Waals surface area contributed by atoms with Crippen LogP contribution >= 0.6 is 0 Å². The molecule has 140 valence electrons. The maximum atomic E-state index is 12.7. The number of carbonyl (C=O) groups excluding carboxylic acids is 1. The molecule has 1 aliphatic carbocycles. The van der Waals surface area contributed by atoms with Crippen LogP contribution in [0, 0.1) is 0 Å². The number of nitrogens with one attached hydrogen (secondary N) is 2. The summed E-state index contributed by atoms with van der Waals surface area (Å²) in [6.07, 6.45) is 7.06. The molecule has 5 heteroatoms. The van der Waals surface area contributed by atoms with Crippen LogP contribution in [0.2, 0.25) is 0 Å². The summed E-state index contributed by atoms with van der Waals surface area (Å²) in [7, 11) is 0. The van der Waals surface area contributed by atoms with Crippen molar-refractivity contribution in [1.82, 2.24) is 20.7 Å². The van der Waals surface area contributed by atoms with Crippen LogP contribution in [0.15, 0.2) is 24.3 Å². The first kappa shape index (κ1) is 16.7. The summed E-state index contributed by atoms with van der Waals surface area (Å²) in [5.41, 5.74) is 9.63. The van der Waals surface area contributed by atoms with E-state index in [0.29, 0.717) is 6.04 Å². The summed E-state index contributed by atoms with van der Waals surface area (Å²) in [5.74, 6) is 0.284. The van der Waals surface area contributed by atoms with Gasteiger partial charge in [0, 0.05) is 31.1 Å².